The number of nitrogens with one attached hydrogen (secondary N) is 1. The third kappa shape index (κ3) is 10.1. The first kappa shape index (κ1) is 35.1. The second-order valence-corrected chi connectivity index (χ2v) is 13.5. The van der Waals surface area contributed by atoms with Crippen LogP contribution in [0, 0.1) is 31.0 Å². The lowest BCUT2D eigenvalue weighted by Crippen LogP contribution is -2.27. The Morgan fingerprint density at radius 2 is 1.40 bits per heavy atom. The summed E-state index contributed by atoms with van der Waals surface area (Å²) in [4.78, 5) is 10.6. The van der Waals surface area contributed by atoms with E-state index in [0.717, 1.165) is 43.1 Å². The Hall–Kier alpha value is -4.72. The molecule has 15 heteroatoms. The first-order valence-electron chi connectivity index (χ1n) is 14.1. The van der Waals surface area contributed by atoms with Crippen LogP contribution in [-0.4, -0.2) is 62.1 Å². The van der Waals surface area contributed by atoms with Gasteiger partial charge in [0, 0.05) is 37.9 Å². The molecule has 3 heterocycles. The van der Waals surface area contributed by atoms with Crippen molar-refractivity contribution in [2.75, 3.05) is 31.1 Å². The zero-order valence-electron chi connectivity index (χ0n) is 25.5. The van der Waals surface area contributed by atoms with Gasteiger partial charge in [-0.3, -0.25) is 9.11 Å². The van der Waals surface area contributed by atoms with E-state index in [1.165, 1.54) is 41.5 Å². The molecule has 0 fully saturated rings. The molecule has 0 unspecified atom stereocenters. The maximum atomic E-state index is 13.9. The summed E-state index contributed by atoms with van der Waals surface area (Å²) in [7, 11) is -8.04. The summed E-state index contributed by atoms with van der Waals surface area (Å²) in [6.07, 6.45) is 1.65. The van der Waals surface area contributed by atoms with Gasteiger partial charge < -0.3 is 15.0 Å². The summed E-state index contributed by atoms with van der Waals surface area (Å²) in [5.41, 5.74) is 5.42. The van der Waals surface area contributed by atoms with Gasteiger partial charge in [0.05, 0.1) is 21.4 Å². The summed E-state index contributed by atoms with van der Waals surface area (Å²) >= 11 is 0. The average Bonchev–Trinajstić information content (AvgIpc) is 3.64. The van der Waals surface area contributed by atoms with Crippen LogP contribution >= 0.6 is 0 Å². The molecule has 0 spiro atoms. The van der Waals surface area contributed by atoms with E-state index >= 15 is 0 Å². The normalized spacial score (nSPS) is 13.9. The third-order valence-corrected chi connectivity index (χ3v) is 8.80. The van der Waals surface area contributed by atoms with Gasteiger partial charge in [-0.15, -0.1) is 0 Å². The number of hydrogen-bond acceptors (Lipinski definition) is 10. The van der Waals surface area contributed by atoms with E-state index in [4.69, 9.17) is 19.1 Å². The molecule has 0 atom stereocenters. The number of anilines is 1. The number of nitrogens with zero attached hydrogens (tertiary/aromatic N) is 4. The number of hydrogen-bond donors (Lipinski definition) is 3. The number of halogens is 1. The van der Waals surface area contributed by atoms with E-state index in [9.17, 15) is 21.2 Å². The van der Waals surface area contributed by atoms with Crippen molar-refractivity contribution in [1.29, 1.82) is 5.26 Å². The van der Waals surface area contributed by atoms with Gasteiger partial charge in [0.15, 0.2) is 0 Å². The van der Waals surface area contributed by atoms with Crippen molar-refractivity contribution in [3.63, 3.8) is 0 Å². The molecular weight excluding hydrogens is 650 g/mol. The predicted octanol–water partition coefficient (Wildman–Crippen LogP) is 4.27. The number of aryl methyl sites for hydroxylation is 2. The molecule has 4 aromatic rings. The SMILES string of the molecule is Cc1ccc(S(=O)(=O)O)cc1.Cc1ccc(S(=O)(=O)O)cc1.N#Cc1ccc(COc2nccc(N3CC4=C(CNC4)C3)n2)c(F)c1. The molecule has 12 nitrogen and oxygen atoms in total. The molecule has 2 aliphatic rings. The molecule has 0 aliphatic carbocycles. The molecule has 1 aromatic heterocycles. The molecule has 246 valence electrons. The highest BCUT2D eigenvalue weighted by Crippen LogP contribution is 2.25. The van der Waals surface area contributed by atoms with E-state index in [1.807, 2.05) is 26.0 Å². The van der Waals surface area contributed by atoms with Crippen molar-refractivity contribution in [3.8, 4) is 12.1 Å². The number of ether oxygens (including phenoxy) is 1. The molecule has 47 heavy (non-hydrogen) atoms. The molecule has 0 amide bonds. The molecule has 2 aliphatic heterocycles. The lowest BCUT2D eigenvalue weighted by atomic mass is 10.1. The molecule has 0 saturated carbocycles. The number of benzene rings is 3. The second kappa shape index (κ2) is 15.2. The molecule has 6 rings (SSSR count). The number of rotatable bonds is 6. The molecule has 3 aromatic carbocycles. The van der Waals surface area contributed by atoms with E-state index in [0.29, 0.717) is 5.56 Å². The number of nitriles is 1. The first-order chi connectivity index (χ1) is 22.2. The van der Waals surface area contributed by atoms with Crippen molar-refractivity contribution in [2.45, 2.75) is 30.2 Å². The fraction of sp³-hybridized carbons (Fsp3) is 0.219. The summed E-state index contributed by atoms with van der Waals surface area (Å²) in [6, 6.07) is 20.2. The highest BCUT2D eigenvalue weighted by molar-refractivity contribution is 7.86. The summed E-state index contributed by atoms with van der Waals surface area (Å²) < 4.78 is 78.6. The smallest absolute Gasteiger partial charge is 0.318 e. The predicted molar refractivity (Wildman–Crippen MR) is 172 cm³/mol. The van der Waals surface area contributed by atoms with Crippen LogP contribution in [0.15, 0.2) is 99.9 Å². The monoisotopic (exact) mass is 681 g/mol. The van der Waals surface area contributed by atoms with Crippen LogP contribution in [0.4, 0.5) is 10.2 Å². The Morgan fingerprint density at radius 3 is 1.87 bits per heavy atom. The molecule has 3 N–H and O–H groups in total. The van der Waals surface area contributed by atoms with Crippen LogP contribution in [0.2, 0.25) is 0 Å². The lowest BCUT2D eigenvalue weighted by Gasteiger charge is -2.19. The van der Waals surface area contributed by atoms with E-state index in [1.54, 1.807) is 42.6 Å². The fourth-order valence-electron chi connectivity index (χ4n) is 4.50. The molecule has 0 bridgehead atoms. The maximum absolute atomic E-state index is 13.9. The van der Waals surface area contributed by atoms with Crippen molar-refractivity contribution >= 4 is 26.1 Å². The van der Waals surface area contributed by atoms with Crippen molar-refractivity contribution in [3.05, 3.63) is 118 Å². The zero-order valence-corrected chi connectivity index (χ0v) is 27.1. The van der Waals surface area contributed by atoms with Gasteiger partial charge in [-0.1, -0.05) is 41.5 Å². The lowest BCUT2D eigenvalue weighted by molar-refractivity contribution is 0.275. The van der Waals surface area contributed by atoms with E-state index in [2.05, 4.69) is 20.2 Å². The quantitative estimate of drug-likeness (QED) is 0.194. The Bertz CT molecular complexity index is 1920. The summed E-state index contributed by atoms with van der Waals surface area (Å²) in [5.74, 6) is 0.336. The summed E-state index contributed by atoms with van der Waals surface area (Å²) in [5, 5.41) is 12.1. The van der Waals surface area contributed by atoms with Crippen LogP contribution in [0.3, 0.4) is 0 Å². The zero-order chi connectivity index (χ0) is 34.2. The molecular formula is C32H32FN5O7S2. The van der Waals surface area contributed by atoms with Gasteiger partial charge in [0.2, 0.25) is 0 Å². The fourth-order valence-corrected chi connectivity index (χ4v) is 5.46. The minimum atomic E-state index is -4.02. The van der Waals surface area contributed by atoms with Crippen molar-refractivity contribution in [2.24, 2.45) is 0 Å². The second-order valence-electron chi connectivity index (χ2n) is 10.6. The Labute approximate surface area is 272 Å². The topological polar surface area (TPSA) is 183 Å². The van der Waals surface area contributed by atoms with Crippen LogP contribution < -0.4 is 15.0 Å². The van der Waals surface area contributed by atoms with E-state index in [-0.39, 0.29) is 28.0 Å². The van der Waals surface area contributed by atoms with Crippen molar-refractivity contribution < 1.29 is 35.1 Å². The minimum absolute atomic E-state index is 0.0136. The maximum Gasteiger partial charge on any atom is 0.318 e. The van der Waals surface area contributed by atoms with Crippen LogP contribution in [0.1, 0.15) is 22.3 Å². The molecule has 0 saturated heterocycles. The van der Waals surface area contributed by atoms with Crippen LogP contribution in [0.25, 0.3) is 0 Å². The van der Waals surface area contributed by atoms with Gasteiger partial charge in [-0.05, 0) is 67.5 Å². The Kier molecular flexibility index (Phi) is 11.4. The van der Waals surface area contributed by atoms with Gasteiger partial charge in [-0.2, -0.15) is 27.1 Å². The standard InChI is InChI=1S/C18H16FN5O.2C7H8O3S/c19-16-5-12(6-20)1-2-13(16)11-25-18-22-4-3-17(23-18)24-9-14-7-21-8-15(14)10-24;2*1-6-2-4-7(5-3-6)11(8,9)10/h1-5,21H,7-11H2;2*2-5H,1H3,(H,8,9,10). The van der Waals surface area contributed by atoms with Crippen molar-refractivity contribution in [1.82, 2.24) is 15.3 Å². The Balaban J connectivity index is 0.000000188. The summed E-state index contributed by atoms with van der Waals surface area (Å²) in [6.45, 7) is 7.31. The number of aromatic nitrogens is 2. The van der Waals surface area contributed by atoms with E-state index < -0.39 is 26.1 Å². The van der Waals surface area contributed by atoms with Gasteiger partial charge in [0.25, 0.3) is 20.2 Å². The first-order valence-corrected chi connectivity index (χ1v) is 17.0. The van der Waals surface area contributed by atoms with Gasteiger partial charge in [0.1, 0.15) is 18.2 Å². The van der Waals surface area contributed by atoms with Gasteiger partial charge >= 0.3 is 6.01 Å². The minimum Gasteiger partial charge on any atom is -0.458 e. The third-order valence-electron chi connectivity index (χ3n) is 7.06. The highest BCUT2D eigenvalue weighted by atomic mass is 32.2. The molecule has 0 radical (unpaired) electrons. The highest BCUT2D eigenvalue weighted by Gasteiger charge is 2.26. The van der Waals surface area contributed by atoms with Crippen LogP contribution in [-0.2, 0) is 26.8 Å². The largest absolute Gasteiger partial charge is 0.458 e. The Morgan fingerprint density at radius 1 is 0.872 bits per heavy atom. The van der Waals surface area contributed by atoms with Gasteiger partial charge in [-0.25, -0.2) is 9.37 Å². The van der Waals surface area contributed by atoms with Crippen LogP contribution in [0.5, 0.6) is 6.01 Å². The average molecular weight is 682 g/mol.